The largest absolute Gasteiger partial charge is 0.449 e. The minimum Gasteiger partial charge on any atom is -0.449 e. The standard InChI is InChI=1S/C8H17N3O4S2/c1-2-15-8(12)11-17(13,14)10-6-4-3-5-7(9)16/h10H,2-6H2,1H3,(H2,9,16)(H,11,12). The van der Waals surface area contributed by atoms with Crippen molar-refractivity contribution in [1.29, 1.82) is 0 Å². The number of amides is 1. The van der Waals surface area contributed by atoms with Crippen LogP contribution < -0.4 is 15.2 Å². The molecule has 100 valence electrons. The van der Waals surface area contributed by atoms with Crippen molar-refractivity contribution in [3.05, 3.63) is 0 Å². The first-order chi connectivity index (χ1) is 7.87. The van der Waals surface area contributed by atoms with Gasteiger partial charge in [0.05, 0.1) is 11.6 Å². The molecule has 0 aliphatic rings. The number of rotatable bonds is 8. The molecule has 0 saturated carbocycles. The van der Waals surface area contributed by atoms with Crippen LogP contribution in [-0.4, -0.2) is 32.7 Å². The Morgan fingerprint density at radius 2 is 2.06 bits per heavy atom. The van der Waals surface area contributed by atoms with Gasteiger partial charge in [-0.3, -0.25) is 0 Å². The summed E-state index contributed by atoms with van der Waals surface area (Å²) in [6.07, 6.45) is 0.851. The van der Waals surface area contributed by atoms with E-state index in [1.54, 1.807) is 11.6 Å². The van der Waals surface area contributed by atoms with Crippen molar-refractivity contribution in [2.45, 2.75) is 26.2 Å². The molecule has 0 aliphatic carbocycles. The zero-order valence-corrected chi connectivity index (χ0v) is 11.2. The fourth-order valence-corrected chi connectivity index (χ4v) is 1.85. The van der Waals surface area contributed by atoms with Crippen LogP contribution in [0.4, 0.5) is 4.79 Å². The molecule has 0 bridgehead atoms. The lowest BCUT2D eigenvalue weighted by molar-refractivity contribution is 0.158. The van der Waals surface area contributed by atoms with Gasteiger partial charge >= 0.3 is 16.3 Å². The van der Waals surface area contributed by atoms with Gasteiger partial charge in [0.25, 0.3) is 0 Å². The van der Waals surface area contributed by atoms with Gasteiger partial charge in [-0.05, 0) is 26.2 Å². The Labute approximate surface area is 106 Å². The molecular formula is C8H17N3O4S2. The molecule has 0 aromatic carbocycles. The smallest absolute Gasteiger partial charge is 0.421 e. The number of nitrogens with two attached hydrogens (primary N) is 1. The second kappa shape index (κ2) is 8.20. The van der Waals surface area contributed by atoms with Crippen LogP contribution in [0.25, 0.3) is 0 Å². The van der Waals surface area contributed by atoms with E-state index in [1.165, 1.54) is 0 Å². The highest BCUT2D eigenvalue weighted by Gasteiger charge is 2.13. The van der Waals surface area contributed by atoms with Crippen molar-refractivity contribution in [1.82, 2.24) is 9.44 Å². The van der Waals surface area contributed by atoms with Crippen LogP contribution in [-0.2, 0) is 14.9 Å². The highest BCUT2D eigenvalue weighted by atomic mass is 32.2. The predicted molar refractivity (Wildman–Crippen MR) is 67.7 cm³/mol. The molecule has 0 aromatic rings. The number of hydrogen-bond donors (Lipinski definition) is 3. The van der Waals surface area contributed by atoms with E-state index >= 15 is 0 Å². The summed E-state index contributed by atoms with van der Waals surface area (Å²) in [6.45, 7) is 1.89. The highest BCUT2D eigenvalue weighted by Crippen LogP contribution is 1.94. The molecule has 0 aromatic heterocycles. The van der Waals surface area contributed by atoms with Gasteiger partial charge in [0.2, 0.25) is 0 Å². The van der Waals surface area contributed by atoms with Gasteiger partial charge < -0.3 is 10.5 Å². The topological polar surface area (TPSA) is 111 Å². The number of carbonyl (C=O) groups excluding carboxylic acids is 1. The van der Waals surface area contributed by atoms with E-state index in [2.05, 4.69) is 21.7 Å². The van der Waals surface area contributed by atoms with Crippen LogP contribution >= 0.6 is 12.2 Å². The van der Waals surface area contributed by atoms with E-state index in [1.807, 2.05) is 0 Å². The fourth-order valence-electron chi connectivity index (χ4n) is 0.937. The Morgan fingerprint density at radius 3 is 2.59 bits per heavy atom. The first kappa shape index (κ1) is 16.1. The molecule has 0 atom stereocenters. The summed E-state index contributed by atoms with van der Waals surface area (Å²) in [5, 5.41) is 0. The summed E-state index contributed by atoms with van der Waals surface area (Å²) in [4.78, 5) is 11.3. The minimum atomic E-state index is -3.84. The summed E-state index contributed by atoms with van der Waals surface area (Å²) in [5.41, 5.74) is 5.28. The molecule has 0 unspecified atom stereocenters. The molecule has 0 saturated heterocycles. The van der Waals surface area contributed by atoms with Gasteiger partial charge in [0.15, 0.2) is 0 Å². The fraction of sp³-hybridized carbons (Fsp3) is 0.750. The van der Waals surface area contributed by atoms with Gasteiger partial charge in [0.1, 0.15) is 0 Å². The normalized spacial score (nSPS) is 10.9. The van der Waals surface area contributed by atoms with Gasteiger partial charge in [0, 0.05) is 6.54 Å². The van der Waals surface area contributed by atoms with Gasteiger partial charge in [-0.1, -0.05) is 12.2 Å². The third-order valence-electron chi connectivity index (χ3n) is 1.64. The molecule has 1 amide bonds. The van der Waals surface area contributed by atoms with Crippen LogP contribution in [0, 0.1) is 0 Å². The molecule has 0 fully saturated rings. The maximum atomic E-state index is 11.2. The maximum absolute atomic E-state index is 11.2. The van der Waals surface area contributed by atoms with Gasteiger partial charge in [-0.2, -0.15) is 13.1 Å². The first-order valence-electron chi connectivity index (χ1n) is 5.10. The second-order valence-electron chi connectivity index (χ2n) is 3.14. The van der Waals surface area contributed by atoms with Crippen molar-refractivity contribution >= 4 is 33.5 Å². The Balaban J connectivity index is 3.79. The average Bonchev–Trinajstić information content (AvgIpc) is 2.15. The summed E-state index contributed by atoms with van der Waals surface area (Å²) >= 11 is 4.67. The number of thiocarbonyl (C=S) groups is 1. The molecule has 7 nitrogen and oxygen atoms in total. The van der Waals surface area contributed by atoms with Crippen LogP contribution in [0.2, 0.25) is 0 Å². The number of nitrogens with one attached hydrogen (secondary N) is 2. The summed E-state index contributed by atoms with van der Waals surface area (Å²) in [7, 11) is -3.84. The van der Waals surface area contributed by atoms with Crippen LogP contribution in [0.5, 0.6) is 0 Å². The Bertz CT molecular complexity index is 356. The molecular weight excluding hydrogens is 266 g/mol. The molecule has 0 rings (SSSR count). The van der Waals surface area contributed by atoms with Gasteiger partial charge in [-0.15, -0.1) is 0 Å². The quantitative estimate of drug-likeness (QED) is 0.428. The third-order valence-corrected chi connectivity index (χ3v) is 2.86. The van der Waals surface area contributed by atoms with Crippen molar-refractivity contribution in [3.8, 4) is 0 Å². The van der Waals surface area contributed by atoms with E-state index in [0.717, 1.165) is 0 Å². The van der Waals surface area contributed by atoms with Crippen LogP contribution in [0.1, 0.15) is 26.2 Å². The number of ether oxygens (including phenoxy) is 1. The molecule has 9 heteroatoms. The SMILES string of the molecule is CCOC(=O)NS(=O)(=O)NCCCCC(N)=S. The lowest BCUT2D eigenvalue weighted by atomic mass is 10.2. The average molecular weight is 283 g/mol. The molecule has 0 aliphatic heterocycles. The van der Waals surface area contributed by atoms with Crippen LogP contribution in [0.3, 0.4) is 0 Å². The summed E-state index contributed by atoms with van der Waals surface area (Å²) < 4.78 is 30.8. The predicted octanol–water partition coefficient (Wildman–Crippen LogP) is 0.0233. The van der Waals surface area contributed by atoms with Crippen molar-refractivity contribution < 1.29 is 17.9 Å². The molecule has 4 N–H and O–H groups in total. The summed E-state index contributed by atoms with van der Waals surface area (Å²) in [5.74, 6) is 0. The van der Waals surface area contributed by atoms with E-state index < -0.39 is 16.3 Å². The van der Waals surface area contributed by atoms with Crippen molar-refractivity contribution in [2.75, 3.05) is 13.2 Å². The van der Waals surface area contributed by atoms with Crippen LogP contribution in [0.15, 0.2) is 0 Å². The monoisotopic (exact) mass is 283 g/mol. The maximum Gasteiger partial charge on any atom is 0.421 e. The van der Waals surface area contributed by atoms with E-state index in [-0.39, 0.29) is 13.2 Å². The van der Waals surface area contributed by atoms with Crippen molar-refractivity contribution in [2.24, 2.45) is 5.73 Å². The Hall–Kier alpha value is -0.930. The lowest BCUT2D eigenvalue weighted by Gasteiger charge is -2.07. The van der Waals surface area contributed by atoms with E-state index in [4.69, 9.17) is 5.73 Å². The first-order valence-corrected chi connectivity index (χ1v) is 6.99. The minimum absolute atomic E-state index is 0.106. The molecule has 17 heavy (non-hydrogen) atoms. The van der Waals surface area contributed by atoms with Crippen molar-refractivity contribution in [3.63, 3.8) is 0 Å². The highest BCUT2D eigenvalue weighted by molar-refractivity contribution is 7.88. The lowest BCUT2D eigenvalue weighted by Crippen LogP contribution is -2.40. The number of unbranched alkanes of at least 4 members (excludes halogenated alkanes) is 1. The zero-order valence-electron chi connectivity index (χ0n) is 9.56. The Kier molecular flexibility index (Phi) is 7.75. The summed E-state index contributed by atoms with van der Waals surface area (Å²) in [6, 6.07) is 0. The third kappa shape index (κ3) is 9.97. The number of carbonyl (C=O) groups is 1. The zero-order chi connectivity index (χ0) is 13.3. The van der Waals surface area contributed by atoms with E-state index in [0.29, 0.717) is 24.3 Å². The Morgan fingerprint density at radius 1 is 1.41 bits per heavy atom. The second-order valence-corrected chi connectivity index (χ2v) is 5.17. The van der Waals surface area contributed by atoms with E-state index in [9.17, 15) is 13.2 Å². The molecule has 0 radical (unpaired) electrons. The van der Waals surface area contributed by atoms with Gasteiger partial charge in [-0.25, -0.2) is 9.52 Å². The molecule has 0 spiro atoms. The number of hydrogen-bond acceptors (Lipinski definition) is 5. The molecule has 0 heterocycles.